The topological polar surface area (TPSA) is 82.6 Å². The van der Waals surface area contributed by atoms with Gasteiger partial charge in [-0.1, -0.05) is 6.07 Å². The Bertz CT molecular complexity index is 751. The number of aromatic amines is 1. The second-order valence-corrected chi connectivity index (χ2v) is 6.40. The number of fused-ring (bicyclic) bond motifs is 1. The molecule has 0 fully saturated rings. The van der Waals surface area contributed by atoms with E-state index >= 15 is 0 Å². The minimum absolute atomic E-state index is 0.0753. The van der Waals surface area contributed by atoms with Crippen LogP contribution in [-0.2, 0) is 11.0 Å². The number of likely N-dealkylation sites (N-methyl/N-ethyl adjacent to an activating group) is 1. The third-order valence-corrected chi connectivity index (χ3v) is 3.34. The molecule has 0 saturated heterocycles. The summed E-state index contributed by atoms with van der Waals surface area (Å²) in [6.45, 7) is -1.80. The lowest BCUT2D eigenvalue weighted by molar-refractivity contribution is -0.870. The smallest absolute Gasteiger partial charge is 0.404 e. The van der Waals surface area contributed by atoms with Gasteiger partial charge < -0.3 is 14.0 Å². The fraction of sp³-hybridized carbons (Fsp3) is 0.385. The predicted octanol–water partition coefficient (Wildman–Crippen LogP) is 1.89. The van der Waals surface area contributed by atoms with Crippen molar-refractivity contribution in [1.29, 1.82) is 0 Å². The van der Waals surface area contributed by atoms with Gasteiger partial charge in [0, 0.05) is 23.5 Å². The molecule has 0 aliphatic rings. The van der Waals surface area contributed by atoms with Crippen molar-refractivity contribution in [2.24, 2.45) is 0 Å². The monoisotopic (exact) mass is 302 g/mol. The Morgan fingerprint density at radius 2 is 2.20 bits per heavy atom. The summed E-state index contributed by atoms with van der Waals surface area (Å²) in [5, 5.41) is 0.557. The van der Waals surface area contributed by atoms with Gasteiger partial charge in [0.05, 0.1) is 31.7 Å². The second kappa shape index (κ2) is 5.22. The Hall–Kier alpha value is -1.33. The number of benzene rings is 1. The van der Waals surface area contributed by atoms with Gasteiger partial charge in [-0.15, -0.1) is 0 Å². The van der Waals surface area contributed by atoms with Gasteiger partial charge >= 0.3 is 7.82 Å². The first-order valence-electron chi connectivity index (χ1n) is 7.58. The van der Waals surface area contributed by atoms with Crippen LogP contribution in [0.5, 0.6) is 5.75 Å². The summed E-state index contributed by atoms with van der Waals surface area (Å²) in [6, 6.07) is 4.85. The van der Waals surface area contributed by atoms with Crippen molar-refractivity contribution in [3.8, 4) is 5.75 Å². The van der Waals surface area contributed by atoms with Crippen LogP contribution in [0, 0.1) is 0 Å². The Balaban J connectivity index is 2.34. The van der Waals surface area contributed by atoms with Gasteiger partial charge in [0.15, 0.2) is 0 Å². The van der Waals surface area contributed by atoms with Gasteiger partial charge in [0.2, 0.25) is 0 Å². The highest BCUT2D eigenvalue weighted by molar-refractivity contribution is 7.46. The highest BCUT2D eigenvalue weighted by atomic mass is 31.2. The maximum Gasteiger partial charge on any atom is 0.524 e. The molecule has 0 aliphatic carbocycles. The van der Waals surface area contributed by atoms with E-state index in [1.807, 2.05) is 0 Å². The normalized spacial score (nSPS) is 15.7. The Morgan fingerprint density at radius 3 is 2.85 bits per heavy atom. The van der Waals surface area contributed by atoms with E-state index in [1.54, 1.807) is 32.4 Å². The van der Waals surface area contributed by atoms with Crippen molar-refractivity contribution in [2.75, 3.05) is 27.6 Å². The van der Waals surface area contributed by atoms with Crippen molar-refractivity contribution >= 4 is 18.7 Å². The third kappa shape index (κ3) is 3.84. The molecule has 110 valence electrons. The molecule has 2 aromatic rings. The molecule has 0 bridgehead atoms. The Labute approximate surface area is 122 Å². The summed E-state index contributed by atoms with van der Waals surface area (Å²) >= 11 is 0. The first-order valence-corrected chi connectivity index (χ1v) is 7.61. The molecule has 20 heavy (non-hydrogen) atoms. The molecule has 0 atom stereocenters. The summed E-state index contributed by atoms with van der Waals surface area (Å²) in [5.41, 5.74) is 1.42. The molecule has 2 rings (SSSR count). The van der Waals surface area contributed by atoms with Crippen molar-refractivity contribution in [1.82, 2.24) is 4.98 Å². The maximum absolute atomic E-state index is 11.1. The zero-order valence-electron chi connectivity index (χ0n) is 14.3. The maximum atomic E-state index is 11.1. The number of phosphoric ester groups is 1. The summed E-state index contributed by atoms with van der Waals surface area (Å²) in [6.07, 6.45) is 2.13. The number of H-pyrrole nitrogens is 1. The lowest BCUT2D eigenvalue weighted by atomic mass is 10.1. The van der Waals surface area contributed by atoms with Crippen LogP contribution in [0.25, 0.3) is 10.9 Å². The van der Waals surface area contributed by atoms with E-state index in [9.17, 15) is 4.57 Å². The highest BCUT2D eigenvalue weighted by Crippen LogP contribution is 2.41. The highest BCUT2D eigenvalue weighted by Gasteiger charge is 2.20. The van der Waals surface area contributed by atoms with Gasteiger partial charge in [-0.2, -0.15) is 0 Å². The summed E-state index contributed by atoms with van der Waals surface area (Å²) in [5.74, 6) is 0.0753. The van der Waals surface area contributed by atoms with Gasteiger partial charge in [-0.25, -0.2) is 4.57 Å². The molecule has 1 heterocycles. The van der Waals surface area contributed by atoms with Crippen LogP contribution in [0.3, 0.4) is 0 Å². The number of quaternary nitrogens is 1. The quantitative estimate of drug-likeness (QED) is 0.582. The number of nitrogens with one attached hydrogen (secondary N) is 1. The average Bonchev–Trinajstić information content (AvgIpc) is 2.77. The number of nitrogens with zero attached hydrogens (tertiary/aromatic N) is 1. The summed E-state index contributed by atoms with van der Waals surface area (Å²) in [4.78, 5) is 21.1. The molecule has 0 radical (unpaired) electrons. The summed E-state index contributed by atoms with van der Waals surface area (Å²) < 4.78 is 38.4. The van der Waals surface area contributed by atoms with E-state index in [4.69, 9.17) is 18.4 Å². The van der Waals surface area contributed by atoms with Crippen LogP contribution in [0.4, 0.5) is 0 Å². The zero-order chi connectivity index (χ0) is 17.5. The molecule has 1 aromatic carbocycles. The lowest BCUT2D eigenvalue weighted by Gasteiger charge is -2.23. The number of phosphoric acid groups is 1. The van der Waals surface area contributed by atoms with Gasteiger partial charge in [0.1, 0.15) is 5.75 Å². The zero-order valence-corrected chi connectivity index (χ0v) is 12.2. The molecule has 0 unspecified atom stereocenters. The Morgan fingerprint density at radius 1 is 1.45 bits per heavy atom. The van der Waals surface area contributed by atoms with Gasteiger partial charge in [-0.3, -0.25) is 9.79 Å². The molecular formula is C13H20N2O4P+. The van der Waals surface area contributed by atoms with E-state index in [1.165, 1.54) is 6.07 Å². The third-order valence-electron chi connectivity index (χ3n) is 2.91. The molecule has 0 amide bonds. The van der Waals surface area contributed by atoms with Crippen LogP contribution >= 0.6 is 7.82 Å². The van der Waals surface area contributed by atoms with Crippen LogP contribution in [0.2, 0.25) is 0 Å². The fourth-order valence-electron chi connectivity index (χ4n) is 2.02. The van der Waals surface area contributed by atoms with Gasteiger partial charge in [0.25, 0.3) is 0 Å². The van der Waals surface area contributed by atoms with Crippen molar-refractivity contribution in [3.05, 3.63) is 30.0 Å². The fourth-order valence-corrected chi connectivity index (χ4v) is 2.43. The lowest BCUT2D eigenvalue weighted by Crippen LogP contribution is -2.36. The molecule has 7 heteroatoms. The molecule has 0 spiro atoms. The SMILES string of the molecule is [2H]C([2H])([2H])[N+](C)(C)CCc1c[nH]c2cccc(OP(=O)(O)O)c12. The minimum Gasteiger partial charge on any atom is -0.404 e. The van der Waals surface area contributed by atoms with E-state index in [0.29, 0.717) is 23.9 Å². The Kier molecular flexibility index (Phi) is 2.96. The van der Waals surface area contributed by atoms with Crippen LogP contribution < -0.4 is 4.52 Å². The molecule has 1 aromatic heterocycles. The van der Waals surface area contributed by atoms with Crippen LogP contribution in [0.1, 0.15) is 9.68 Å². The molecule has 0 saturated carbocycles. The first-order chi connectivity index (χ1) is 10.4. The largest absolute Gasteiger partial charge is 0.524 e. The average molecular weight is 302 g/mol. The van der Waals surface area contributed by atoms with Crippen LogP contribution in [0.15, 0.2) is 24.4 Å². The summed E-state index contributed by atoms with van der Waals surface area (Å²) in [7, 11) is -1.43. The van der Waals surface area contributed by atoms with Crippen molar-refractivity contribution in [2.45, 2.75) is 6.42 Å². The molecule has 3 N–H and O–H groups in total. The van der Waals surface area contributed by atoms with E-state index in [-0.39, 0.29) is 10.2 Å². The number of aromatic nitrogens is 1. The number of rotatable bonds is 5. The van der Waals surface area contributed by atoms with E-state index in [0.717, 1.165) is 5.56 Å². The molecular weight excluding hydrogens is 279 g/mol. The van der Waals surface area contributed by atoms with Gasteiger partial charge in [-0.05, 0) is 17.7 Å². The minimum atomic E-state index is -4.67. The molecule has 6 nitrogen and oxygen atoms in total. The predicted molar refractivity (Wildman–Crippen MR) is 77.6 cm³/mol. The second-order valence-electron chi connectivity index (χ2n) is 5.23. The van der Waals surface area contributed by atoms with E-state index < -0.39 is 14.8 Å². The van der Waals surface area contributed by atoms with Crippen molar-refractivity contribution < 1.29 is 27.5 Å². The van der Waals surface area contributed by atoms with Crippen LogP contribution in [-0.4, -0.2) is 46.9 Å². The van der Waals surface area contributed by atoms with Crippen molar-refractivity contribution in [3.63, 3.8) is 0 Å². The first kappa shape index (κ1) is 11.3. The molecule has 0 aliphatic heterocycles. The standard InChI is InChI=1S/C13H19N2O4P/c1-15(2,3)8-7-10-9-14-11-5-4-6-12(13(10)11)19-20(16,17)18/h4-6,9,14H,7-8H2,1-3H3,(H-,16,17,18)/p+1/i1D3. The van der Waals surface area contributed by atoms with E-state index in [2.05, 4.69) is 4.98 Å². The number of hydrogen-bond donors (Lipinski definition) is 3. The number of hydrogen-bond acceptors (Lipinski definition) is 2.